The molecule has 6 nitrogen and oxygen atoms in total. The number of methoxy groups -OCH3 is 1. The fourth-order valence-electron chi connectivity index (χ4n) is 3.15. The van der Waals surface area contributed by atoms with Gasteiger partial charge in [0.1, 0.15) is 5.75 Å². The van der Waals surface area contributed by atoms with Crippen molar-refractivity contribution in [2.75, 3.05) is 13.7 Å². The number of nitrogens with one attached hydrogen (secondary N) is 1. The van der Waals surface area contributed by atoms with E-state index in [1.807, 2.05) is 19.1 Å². The molecule has 7 heteroatoms. The van der Waals surface area contributed by atoms with Crippen LogP contribution < -0.4 is 10.2 Å². The predicted octanol–water partition coefficient (Wildman–Crippen LogP) is 3.91. The Morgan fingerprint density at radius 3 is 2.50 bits per heavy atom. The number of benzene rings is 2. The van der Waals surface area contributed by atoms with Crippen molar-refractivity contribution in [3.63, 3.8) is 0 Å². The number of hydroxylamine groups is 1. The highest BCUT2D eigenvalue weighted by molar-refractivity contribution is 6.30. The van der Waals surface area contributed by atoms with Crippen molar-refractivity contribution in [3.8, 4) is 5.75 Å². The molecule has 3 rings (SSSR count). The van der Waals surface area contributed by atoms with Gasteiger partial charge in [-0.15, -0.1) is 0 Å². The molecule has 146 valence electrons. The van der Waals surface area contributed by atoms with Crippen molar-refractivity contribution in [1.82, 2.24) is 10.0 Å². The van der Waals surface area contributed by atoms with Gasteiger partial charge < -0.3 is 4.74 Å². The number of halogens is 1. The van der Waals surface area contributed by atoms with Crippen molar-refractivity contribution >= 4 is 34.3 Å². The standard InChI is InChI=1S/C21H21ClN2O4/c1-4-28-23-20(25)12-17-13(2)24(19-10-9-16(27-3)11-18(17)19)21(26)14-5-7-15(22)8-6-14/h5-11H,4,12H2,1-3H3,(H,23,25). The second-order valence-corrected chi connectivity index (χ2v) is 6.67. The summed E-state index contributed by atoms with van der Waals surface area (Å²) >= 11 is 5.94. The fraction of sp³-hybridized carbons (Fsp3) is 0.238. The Morgan fingerprint density at radius 2 is 1.86 bits per heavy atom. The second kappa shape index (κ2) is 8.46. The third-order valence-corrected chi connectivity index (χ3v) is 4.76. The van der Waals surface area contributed by atoms with Gasteiger partial charge in [-0.05, 0) is 61.9 Å². The van der Waals surface area contributed by atoms with E-state index in [9.17, 15) is 9.59 Å². The Bertz CT molecular complexity index is 1030. The molecule has 1 heterocycles. The summed E-state index contributed by atoms with van der Waals surface area (Å²) in [6.45, 7) is 3.98. The van der Waals surface area contributed by atoms with Gasteiger partial charge in [0.25, 0.3) is 5.91 Å². The van der Waals surface area contributed by atoms with Crippen LogP contribution in [0.4, 0.5) is 0 Å². The molecule has 0 bridgehead atoms. The molecule has 1 aromatic heterocycles. The topological polar surface area (TPSA) is 69.6 Å². The van der Waals surface area contributed by atoms with Crippen LogP contribution in [0.5, 0.6) is 5.75 Å². The molecule has 0 saturated carbocycles. The number of nitrogens with zero attached hydrogens (tertiary/aromatic N) is 1. The Hall–Kier alpha value is -2.83. The molecule has 0 aliphatic heterocycles. The van der Waals surface area contributed by atoms with Crippen LogP contribution in [0.15, 0.2) is 42.5 Å². The van der Waals surface area contributed by atoms with E-state index in [-0.39, 0.29) is 18.2 Å². The summed E-state index contributed by atoms with van der Waals surface area (Å²) in [6.07, 6.45) is 0.0798. The van der Waals surface area contributed by atoms with Gasteiger partial charge in [0.2, 0.25) is 5.91 Å². The Balaban J connectivity index is 2.12. The summed E-state index contributed by atoms with van der Waals surface area (Å²) in [5.74, 6) is 0.168. The molecule has 0 aliphatic carbocycles. The van der Waals surface area contributed by atoms with Gasteiger partial charge in [-0.2, -0.15) is 0 Å². The Labute approximate surface area is 168 Å². The van der Waals surface area contributed by atoms with Crippen molar-refractivity contribution in [2.24, 2.45) is 0 Å². The van der Waals surface area contributed by atoms with E-state index in [4.69, 9.17) is 21.2 Å². The van der Waals surface area contributed by atoms with Crippen LogP contribution >= 0.6 is 11.6 Å². The fourth-order valence-corrected chi connectivity index (χ4v) is 3.27. The maximum atomic E-state index is 13.2. The number of hydrogen-bond donors (Lipinski definition) is 1. The first-order valence-electron chi connectivity index (χ1n) is 8.85. The van der Waals surface area contributed by atoms with E-state index in [0.29, 0.717) is 34.2 Å². The summed E-state index contributed by atoms with van der Waals surface area (Å²) in [4.78, 5) is 30.4. The highest BCUT2D eigenvalue weighted by atomic mass is 35.5. The second-order valence-electron chi connectivity index (χ2n) is 6.23. The lowest BCUT2D eigenvalue weighted by Crippen LogP contribution is -2.25. The maximum Gasteiger partial charge on any atom is 0.262 e. The molecule has 1 amide bonds. The number of ether oxygens (including phenoxy) is 1. The van der Waals surface area contributed by atoms with Crippen LogP contribution in [0.25, 0.3) is 10.9 Å². The van der Waals surface area contributed by atoms with Crippen molar-refractivity contribution in [1.29, 1.82) is 0 Å². The third-order valence-electron chi connectivity index (χ3n) is 4.50. The molecule has 0 spiro atoms. The zero-order chi connectivity index (χ0) is 20.3. The molecule has 0 radical (unpaired) electrons. The lowest BCUT2D eigenvalue weighted by Gasteiger charge is -2.08. The van der Waals surface area contributed by atoms with Crippen LogP contribution in [0.1, 0.15) is 28.5 Å². The minimum atomic E-state index is -0.286. The minimum absolute atomic E-state index is 0.0798. The average molecular weight is 401 g/mol. The molecule has 0 saturated heterocycles. The van der Waals surface area contributed by atoms with E-state index in [1.165, 1.54) is 0 Å². The number of amides is 1. The normalized spacial score (nSPS) is 10.9. The number of rotatable bonds is 6. The molecule has 2 aromatic carbocycles. The largest absolute Gasteiger partial charge is 0.497 e. The maximum absolute atomic E-state index is 13.2. The zero-order valence-corrected chi connectivity index (χ0v) is 16.7. The summed E-state index contributed by atoms with van der Waals surface area (Å²) < 4.78 is 6.93. The first-order valence-corrected chi connectivity index (χ1v) is 9.22. The first kappa shape index (κ1) is 19.9. The van der Waals surface area contributed by atoms with Gasteiger partial charge >= 0.3 is 0 Å². The molecule has 0 unspecified atom stereocenters. The van der Waals surface area contributed by atoms with Gasteiger partial charge in [-0.25, -0.2) is 5.48 Å². The molecule has 0 atom stereocenters. The highest BCUT2D eigenvalue weighted by Crippen LogP contribution is 2.30. The molecular weight excluding hydrogens is 380 g/mol. The van der Waals surface area contributed by atoms with Gasteiger partial charge in [0.15, 0.2) is 0 Å². The van der Waals surface area contributed by atoms with E-state index < -0.39 is 0 Å². The quantitative estimate of drug-likeness (QED) is 0.637. The van der Waals surface area contributed by atoms with Crippen LogP contribution in [0, 0.1) is 6.92 Å². The molecular formula is C21H21ClN2O4. The van der Waals surface area contributed by atoms with E-state index in [2.05, 4.69) is 5.48 Å². The SMILES string of the molecule is CCONC(=O)Cc1c(C)n(C(=O)c2ccc(Cl)cc2)c2ccc(OC)cc12. The molecule has 0 aliphatic rings. The number of carbonyl (C=O) groups is 2. The number of carbonyl (C=O) groups excluding carboxylic acids is 2. The van der Waals surface area contributed by atoms with E-state index in [1.54, 1.807) is 48.9 Å². The third kappa shape index (κ3) is 3.88. The molecule has 28 heavy (non-hydrogen) atoms. The highest BCUT2D eigenvalue weighted by Gasteiger charge is 2.22. The van der Waals surface area contributed by atoms with Crippen LogP contribution in [0.3, 0.4) is 0 Å². The lowest BCUT2D eigenvalue weighted by atomic mass is 10.1. The van der Waals surface area contributed by atoms with Gasteiger partial charge in [0.05, 0.1) is 25.7 Å². The number of fused-ring (bicyclic) bond motifs is 1. The van der Waals surface area contributed by atoms with Crippen LogP contribution in [0.2, 0.25) is 5.02 Å². The molecule has 1 N–H and O–H groups in total. The van der Waals surface area contributed by atoms with Gasteiger partial charge in [0, 0.05) is 21.7 Å². The monoisotopic (exact) mass is 400 g/mol. The summed E-state index contributed by atoms with van der Waals surface area (Å²) in [5.41, 5.74) is 5.04. The first-order chi connectivity index (χ1) is 13.5. The lowest BCUT2D eigenvalue weighted by molar-refractivity contribution is -0.132. The predicted molar refractivity (Wildman–Crippen MR) is 108 cm³/mol. The van der Waals surface area contributed by atoms with Crippen molar-refractivity contribution in [3.05, 3.63) is 64.3 Å². The van der Waals surface area contributed by atoms with Crippen molar-refractivity contribution in [2.45, 2.75) is 20.3 Å². The molecule has 3 aromatic rings. The Kier molecular flexibility index (Phi) is 6.02. The summed E-state index contributed by atoms with van der Waals surface area (Å²) in [6, 6.07) is 12.2. The summed E-state index contributed by atoms with van der Waals surface area (Å²) in [5, 5.41) is 1.34. The van der Waals surface area contributed by atoms with Gasteiger partial charge in [-0.1, -0.05) is 11.6 Å². The van der Waals surface area contributed by atoms with E-state index in [0.717, 1.165) is 10.9 Å². The van der Waals surface area contributed by atoms with Crippen LogP contribution in [-0.4, -0.2) is 30.1 Å². The molecule has 0 fully saturated rings. The van der Waals surface area contributed by atoms with Crippen molar-refractivity contribution < 1.29 is 19.2 Å². The number of hydrogen-bond acceptors (Lipinski definition) is 4. The average Bonchev–Trinajstić information content (AvgIpc) is 2.97. The number of aromatic nitrogens is 1. The van der Waals surface area contributed by atoms with E-state index >= 15 is 0 Å². The Morgan fingerprint density at radius 1 is 1.14 bits per heavy atom. The summed E-state index contributed by atoms with van der Waals surface area (Å²) in [7, 11) is 1.57. The van der Waals surface area contributed by atoms with Crippen LogP contribution in [-0.2, 0) is 16.1 Å². The minimum Gasteiger partial charge on any atom is -0.497 e. The smallest absolute Gasteiger partial charge is 0.262 e. The zero-order valence-electron chi connectivity index (χ0n) is 15.9. The van der Waals surface area contributed by atoms with Gasteiger partial charge in [-0.3, -0.25) is 19.0 Å².